The van der Waals surface area contributed by atoms with E-state index >= 15 is 0 Å². The Kier molecular flexibility index (Phi) is 8.30. The molecule has 0 amide bonds. The molecule has 1 aromatic heterocycles. The van der Waals surface area contributed by atoms with Crippen LogP contribution in [-0.2, 0) is 0 Å². The summed E-state index contributed by atoms with van der Waals surface area (Å²) >= 11 is 0. The topological polar surface area (TPSA) is 47.3 Å². The first-order valence-electron chi connectivity index (χ1n) is 17.9. The highest BCUT2D eigenvalue weighted by atomic mass is 16.3. The van der Waals surface area contributed by atoms with Crippen molar-refractivity contribution < 1.29 is 14.0 Å². The molecule has 0 aliphatic heterocycles. The van der Waals surface area contributed by atoms with Crippen molar-refractivity contribution in [2.45, 2.75) is 11.8 Å². The van der Waals surface area contributed by atoms with Gasteiger partial charge in [0.1, 0.15) is 11.5 Å². The molecule has 252 valence electrons. The number of furan rings is 1. The molecule has 7 aromatic carbocycles. The molecule has 1 heterocycles. The number of carbonyl (C=O) groups is 2. The molecule has 2 atom stereocenters. The lowest BCUT2D eigenvalue weighted by atomic mass is 9.66. The summed E-state index contributed by atoms with van der Waals surface area (Å²) in [4.78, 5) is 29.3. The highest BCUT2D eigenvalue weighted by Gasteiger charge is 2.42. The minimum atomic E-state index is -0.305. The molecule has 0 spiro atoms. The molecule has 0 radical (unpaired) electrons. The fourth-order valence-corrected chi connectivity index (χ4v) is 7.93. The van der Waals surface area contributed by atoms with Crippen molar-refractivity contribution in [3.8, 4) is 22.6 Å². The number of carbonyl (C=O) groups excluding carboxylic acids is 2. The number of fused-ring (bicyclic) bond motifs is 2. The van der Waals surface area contributed by atoms with Crippen LogP contribution in [0.3, 0.4) is 0 Å². The third kappa shape index (κ3) is 5.73. The number of hydrogen-bond donors (Lipinski definition) is 0. The van der Waals surface area contributed by atoms with Crippen LogP contribution in [0.5, 0.6) is 0 Å². The third-order valence-corrected chi connectivity index (χ3v) is 10.3. The quantitative estimate of drug-likeness (QED) is 0.150. The molecular weight excluding hydrogens is 649 g/mol. The summed E-state index contributed by atoms with van der Waals surface area (Å²) in [7, 11) is 0. The predicted octanol–water partition coefficient (Wildman–Crippen LogP) is 11.7. The Bertz CT molecular complexity index is 2380. The minimum Gasteiger partial charge on any atom is -0.455 e. The Morgan fingerprint density at radius 3 is 1.02 bits per heavy atom. The molecular formula is C50H34O3. The number of benzene rings is 7. The van der Waals surface area contributed by atoms with Gasteiger partial charge < -0.3 is 4.42 Å². The Morgan fingerprint density at radius 2 is 0.679 bits per heavy atom. The van der Waals surface area contributed by atoms with Crippen LogP contribution >= 0.6 is 0 Å². The number of hydrogen-bond acceptors (Lipinski definition) is 3. The van der Waals surface area contributed by atoms with Crippen molar-refractivity contribution in [3.05, 3.63) is 250 Å². The molecule has 3 heteroatoms. The van der Waals surface area contributed by atoms with Crippen LogP contribution in [-0.4, -0.2) is 11.6 Å². The maximum atomic E-state index is 14.6. The molecule has 1 aliphatic carbocycles. The van der Waals surface area contributed by atoms with Gasteiger partial charge in [-0.05, 0) is 34.4 Å². The monoisotopic (exact) mass is 682 g/mol. The van der Waals surface area contributed by atoms with E-state index in [0.717, 1.165) is 56.0 Å². The van der Waals surface area contributed by atoms with Crippen molar-refractivity contribution in [1.82, 2.24) is 0 Å². The van der Waals surface area contributed by atoms with E-state index in [9.17, 15) is 9.59 Å². The average Bonchev–Trinajstić information content (AvgIpc) is 3.63. The SMILES string of the molecule is O=C(c1ccccc1)c1cc2c(cc1C(=O)c1ccccc1)C(c1ccccc1)c1c(-c3ccccc3)oc(-c3ccccc3)c1C2c1ccccc1. The van der Waals surface area contributed by atoms with Crippen molar-refractivity contribution in [3.63, 3.8) is 0 Å². The van der Waals surface area contributed by atoms with Crippen LogP contribution in [0.1, 0.15) is 77.1 Å². The van der Waals surface area contributed by atoms with Crippen LogP contribution in [0.15, 0.2) is 199 Å². The van der Waals surface area contributed by atoms with Gasteiger partial charge in [-0.15, -0.1) is 0 Å². The van der Waals surface area contributed by atoms with Crippen LogP contribution in [0, 0.1) is 0 Å². The summed E-state index contributed by atoms with van der Waals surface area (Å²) in [6.07, 6.45) is 0. The lowest BCUT2D eigenvalue weighted by Gasteiger charge is -2.34. The second-order valence-corrected chi connectivity index (χ2v) is 13.4. The van der Waals surface area contributed by atoms with E-state index in [4.69, 9.17) is 4.42 Å². The normalized spacial score (nSPS) is 14.6. The van der Waals surface area contributed by atoms with E-state index in [2.05, 4.69) is 72.8 Å². The van der Waals surface area contributed by atoms with Gasteiger partial charge in [-0.2, -0.15) is 0 Å². The van der Waals surface area contributed by atoms with Gasteiger partial charge in [-0.1, -0.05) is 182 Å². The van der Waals surface area contributed by atoms with Crippen molar-refractivity contribution in [2.24, 2.45) is 0 Å². The molecule has 0 fully saturated rings. The Hall–Kier alpha value is -6.84. The average molecular weight is 683 g/mol. The van der Waals surface area contributed by atoms with Gasteiger partial charge in [0.2, 0.25) is 0 Å². The third-order valence-electron chi connectivity index (χ3n) is 10.3. The Balaban J connectivity index is 1.42. The number of rotatable bonds is 8. The first-order valence-corrected chi connectivity index (χ1v) is 17.9. The zero-order valence-electron chi connectivity index (χ0n) is 28.9. The summed E-state index contributed by atoms with van der Waals surface area (Å²) < 4.78 is 7.13. The largest absolute Gasteiger partial charge is 0.455 e. The molecule has 2 unspecified atom stereocenters. The van der Waals surface area contributed by atoms with Gasteiger partial charge >= 0.3 is 0 Å². The first-order chi connectivity index (χ1) is 26.2. The highest BCUT2D eigenvalue weighted by molar-refractivity contribution is 6.20. The molecule has 9 rings (SSSR count). The van der Waals surface area contributed by atoms with E-state index in [1.165, 1.54) is 0 Å². The van der Waals surface area contributed by atoms with Gasteiger partial charge in [0.25, 0.3) is 0 Å². The van der Waals surface area contributed by atoms with E-state index in [1.54, 1.807) is 0 Å². The molecule has 0 saturated carbocycles. The number of ketones is 2. The predicted molar refractivity (Wildman–Crippen MR) is 211 cm³/mol. The maximum absolute atomic E-state index is 14.6. The van der Waals surface area contributed by atoms with Crippen LogP contribution in [0.2, 0.25) is 0 Å². The van der Waals surface area contributed by atoms with E-state index < -0.39 is 0 Å². The van der Waals surface area contributed by atoms with Crippen LogP contribution in [0.25, 0.3) is 22.6 Å². The maximum Gasteiger partial charge on any atom is 0.193 e. The first kappa shape index (κ1) is 32.1. The molecule has 0 bridgehead atoms. The van der Waals surface area contributed by atoms with E-state index in [0.29, 0.717) is 22.3 Å². The van der Waals surface area contributed by atoms with E-state index in [1.807, 2.05) is 121 Å². The lowest BCUT2D eigenvalue weighted by Crippen LogP contribution is -2.23. The summed E-state index contributed by atoms with van der Waals surface area (Å²) in [5.74, 6) is 0.589. The van der Waals surface area contributed by atoms with Gasteiger partial charge in [0.15, 0.2) is 11.6 Å². The van der Waals surface area contributed by atoms with Crippen molar-refractivity contribution in [1.29, 1.82) is 0 Å². The van der Waals surface area contributed by atoms with Gasteiger partial charge in [0, 0.05) is 56.3 Å². The van der Waals surface area contributed by atoms with E-state index in [-0.39, 0.29) is 23.4 Å². The zero-order chi connectivity index (χ0) is 35.7. The van der Waals surface area contributed by atoms with Crippen LogP contribution in [0.4, 0.5) is 0 Å². The Morgan fingerprint density at radius 1 is 0.377 bits per heavy atom. The molecule has 0 N–H and O–H groups in total. The minimum absolute atomic E-state index is 0.193. The summed E-state index contributed by atoms with van der Waals surface area (Å²) in [5, 5.41) is 0. The van der Waals surface area contributed by atoms with Crippen LogP contribution < -0.4 is 0 Å². The second kappa shape index (κ2) is 13.7. The van der Waals surface area contributed by atoms with Gasteiger partial charge in [0.05, 0.1) is 0 Å². The molecule has 53 heavy (non-hydrogen) atoms. The fourth-order valence-electron chi connectivity index (χ4n) is 7.93. The molecule has 1 aliphatic rings. The van der Waals surface area contributed by atoms with Gasteiger partial charge in [-0.3, -0.25) is 9.59 Å². The summed E-state index contributed by atoms with van der Waals surface area (Å²) in [6.45, 7) is 0. The standard InChI is InChI=1S/C50H34O3/c51-47(35-23-11-3-12-24-35)41-31-39-40(32-42(41)48(52)36-25-13-4-14-26-36)44(34-21-9-2-10-22-34)46-45(43(39)33-19-7-1-8-20-33)49(37-27-15-5-16-28-37)53-50(46)38-29-17-6-18-30-38/h1-32,43-44H. The molecule has 8 aromatic rings. The smallest absolute Gasteiger partial charge is 0.193 e. The van der Waals surface area contributed by atoms with Crippen molar-refractivity contribution >= 4 is 11.6 Å². The van der Waals surface area contributed by atoms with Gasteiger partial charge in [-0.25, -0.2) is 0 Å². The fraction of sp³-hybridized carbons (Fsp3) is 0.0400. The highest BCUT2D eigenvalue weighted by Crippen LogP contribution is 2.56. The Labute approximate surface area is 308 Å². The molecule has 0 saturated heterocycles. The second-order valence-electron chi connectivity index (χ2n) is 13.4. The molecule has 3 nitrogen and oxygen atoms in total. The lowest BCUT2D eigenvalue weighted by molar-refractivity contribution is 0.100. The van der Waals surface area contributed by atoms with Crippen molar-refractivity contribution in [2.75, 3.05) is 0 Å². The summed E-state index contributed by atoms with van der Waals surface area (Å²) in [6, 6.07) is 63.9. The summed E-state index contributed by atoms with van der Waals surface area (Å²) in [5.41, 5.74) is 9.96. The zero-order valence-corrected chi connectivity index (χ0v) is 28.9.